The third-order valence-electron chi connectivity index (χ3n) is 2.63. The molecule has 0 amide bonds. The van der Waals surface area contributed by atoms with Gasteiger partial charge in [0, 0.05) is 23.3 Å². The van der Waals surface area contributed by atoms with Crippen LogP contribution in [0.25, 0.3) is 21.8 Å². The minimum atomic E-state index is 1.13. The van der Waals surface area contributed by atoms with Crippen molar-refractivity contribution in [1.82, 2.24) is 14.8 Å². The number of rotatable bonds is 0. The van der Waals surface area contributed by atoms with Crippen molar-refractivity contribution in [2.75, 3.05) is 0 Å². The van der Waals surface area contributed by atoms with E-state index in [-0.39, 0.29) is 0 Å². The summed E-state index contributed by atoms with van der Waals surface area (Å²) in [6.07, 6.45) is 3.62. The highest BCUT2D eigenvalue weighted by Crippen LogP contribution is 2.25. The van der Waals surface area contributed by atoms with Crippen molar-refractivity contribution >= 4 is 21.8 Å². The van der Waals surface area contributed by atoms with E-state index in [0.29, 0.717) is 0 Å². The Morgan fingerprint density at radius 3 is 2.64 bits per heavy atom. The topological polar surface area (TPSA) is 30.7 Å². The highest BCUT2D eigenvalue weighted by Gasteiger charge is 2.06. The largest absolute Gasteiger partial charge is 0.342 e. The van der Waals surface area contributed by atoms with Gasteiger partial charge in [0.15, 0.2) is 0 Å². The van der Waals surface area contributed by atoms with Crippen LogP contribution in [0.15, 0.2) is 36.7 Å². The van der Waals surface area contributed by atoms with Crippen molar-refractivity contribution in [2.24, 2.45) is 7.05 Å². The first-order valence-corrected chi connectivity index (χ1v) is 4.52. The smallest absolute Gasteiger partial charge is 0.0739 e. The Balaban J connectivity index is 2.69. The lowest BCUT2D eigenvalue weighted by molar-refractivity contribution is 0.984. The second-order valence-electron chi connectivity index (χ2n) is 3.36. The summed E-state index contributed by atoms with van der Waals surface area (Å²) in [7, 11) is 2.05. The van der Waals surface area contributed by atoms with Crippen LogP contribution < -0.4 is 0 Å². The van der Waals surface area contributed by atoms with E-state index in [2.05, 4.69) is 26.9 Å². The Morgan fingerprint density at radius 1 is 0.929 bits per heavy atom. The van der Waals surface area contributed by atoms with E-state index in [9.17, 15) is 0 Å². The fourth-order valence-corrected chi connectivity index (χ4v) is 1.91. The number of para-hydroxylation sites is 1. The van der Waals surface area contributed by atoms with Crippen LogP contribution in [-0.2, 0) is 7.05 Å². The number of benzene rings is 1. The van der Waals surface area contributed by atoms with E-state index in [1.165, 1.54) is 10.9 Å². The molecule has 0 N–H and O–H groups in total. The Labute approximate surface area is 81.0 Å². The molecule has 0 radical (unpaired) electrons. The number of fused-ring (bicyclic) bond motifs is 3. The average Bonchev–Trinajstić information content (AvgIpc) is 2.55. The molecule has 0 fully saturated rings. The van der Waals surface area contributed by atoms with Gasteiger partial charge in [-0.25, -0.2) is 0 Å². The van der Waals surface area contributed by atoms with Gasteiger partial charge in [0.1, 0.15) is 0 Å². The molecule has 3 rings (SSSR count). The van der Waals surface area contributed by atoms with Gasteiger partial charge in [-0.05, 0) is 6.07 Å². The summed E-state index contributed by atoms with van der Waals surface area (Å²) in [5.41, 5.74) is 2.35. The van der Waals surface area contributed by atoms with Crippen molar-refractivity contribution in [2.45, 2.75) is 0 Å². The fourth-order valence-electron chi connectivity index (χ4n) is 1.91. The van der Waals surface area contributed by atoms with Gasteiger partial charge in [0.25, 0.3) is 0 Å². The molecule has 0 saturated carbocycles. The molecule has 14 heavy (non-hydrogen) atoms. The summed E-state index contributed by atoms with van der Waals surface area (Å²) >= 11 is 0. The molecule has 3 nitrogen and oxygen atoms in total. The number of hydrogen-bond acceptors (Lipinski definition) is 2. The molecule has 2 aromatic heterocycles. The number of hydrogen-bond donors (Lipinski definition) is 0. The van der Waals surface area contributed by atoms with Gasteiger partial charge >= 0.3 is 0 Å². The highest BCUT2D eigenvalue weighted by atomic mass is 15.1. The molecule has 3 heteroatoms. The third kappa shape index (κ3) is 0.812. The Hall–Kier alpha value is -1.90. The molecule has 0 unspecified atom stereocenters. The first-order valence-electron chi connectivity index (χ1n) is 4.52. The Bertz CT molecular complexity index is 557. The second kappa shape index (κ2) is 2.54. The normalized spacial score (nSPS) is 11.2. The lowest BCUT2D eigenvalue weighted by atomic mass is 10.2. The van der Waals surface area contributed by atoms with Crippen LogP contribution in [0, 0.1) is 0 Å². The summed E-state index contributed by atoms with van der Waals surface area (Å²) in [5.74, 6) is 0. The minimum absolute atomic E-state index is 1.13. The van der Waals surface area contributed by atoms with Gasteiger partial charge in [-0.2, -0.15) is 10.2 Å². The van der Waals surface area contributed by atoms with E-state index in [1.54, 1.807) is 6.20 Å². The zero-order chi connectivity index (χ0) is 9.54. The molecule has 2 heterocycles. The van der Waals surface area contributed by atoms with Crippen molar-refractivity contribution in [3.63, 3.8) is 0 Å². The first kappa shape index (κ1) is 7.50. The zero-order valence-electron chi connectivity index (χ0n) is 7.81. The first-order chi connectivity index (χ1) is 6.88. The fraction of sp³-hybridized carbons (Fsp3) is 0.0909. The van der Waals surface area contributed by atoms with Crippen LogP contribution >= 0.6 is 0 Å². The summed E-state index contributed by atoms with van der Waals surface area (Å²) in [5, 5.41) is 10.2. The van der Waals surface area contributed by atoms with Gasteiger partial charge in [0.2, 0.25) is 0 Å². The van der Waals surface area contributed by atoms with Crippen molar-refractivity contribution in [3.8, 4) is 0 Å². The van der Waals surface area contributed by atoms with Gasteiger partial charge in [0.05, 0.1) is 17.9 Å². The molecule has 0 aliphatic heterocycles. The molecular formula is C11H9N3. The second-order valence-corrected chi connectivity index (χ2v) is 3.36. The average molecular weight is 183 g/mol. The van der Waals surface area contributed by atoms with Gasteiger partial charge in [-0.3, -0.25) is 0 Å². The van der Waals surface area contributed by atoms with E-state index in [1.807, 2.05) is 25.4 Å². The summed E-state index contributed by atoms with van der Waals surface area (Å²) in [6, 6.07) is 8.30. The summed E-state index contributed by atoms with van der Waals surface area (Å²) < 4.78 is 2.14. The maximum absolute atomic E-state index is 3.91. The van der Waals surface area contributed by atoms with Gasteiger partial charge in [-0.15, -0.1) is 0 Å². The molecule has 0 saturated heterocycles. The molecule has 0 bridgehead atoms. The SMILES string of the molecule is Cn1c2ccccc2c2cnncc21. The van der Waals surface area contributed by atoms with E-state index in [0.717, 1.165) is 10.9 Å². The standard InChI is InChI=1S/C11H9N3/c1-14-10-5-3-2-4-8(10)9-6-12-13-7-11(9)14/h2-7H,1H3. The zero-order valence-corrected chi connectivity index (χ0v) is 7.81. The van der Waals surface area contributed by atoms with Crippen molar-refractivity contribution < 1.29 is 0 Å². The lowest BCUT2D eigenvalue weighted by Crippen LogP contribution is -1.87. The van der Waals surface area contributed by atoms with Crippen LogP contribution in [0.1, 0.15) is 0 Å². The Morgan fingerprint density at radius 2 is 1.71 bits per heavy atom. The predicted molar refractivity (Wildman–Crippen MR) is 56.0 cm³/mol. The van der Waals surface area contributed by atoms with Crippen LogP contribution in [0.5, 0.6) is 0 Å². The maximum atomic E-state index is 3.91. The lowest BCUT2D eigenvalue weighted by Gasteiger charge is -1.94. The van der Waals surface area contributed by atoms with Crippen LogP contribution in [0.4, 0.5) is 0 Å². The molecule has 3 aromatic rings. The van der Waals surface area contributed by atoms with E-state index >= 15 is 0 Å². The number of aryl methyl sites for hydroxylation is 1. The molecule has 0 aliphatic carbocycles. The van der Waals surface area contributed by atoms with Crippen LogP contribution in [0.2, 0.25) is 0 Å². The number of nitrogens with zero attached hydrogens (tertiary/aromatic N) is 3. The summed E-state index contributed by atoms with van der Waals surface area (Å²) in [4.78, 5) is 0. The summed E-state index contributed by atoms with van der Waals surface area (Å²) in [6.45, 7) is 0. The predicted octanol–water partition coefficient (Wildman–Crippen LogP) is 2.12. The van der Waals surface area contributed by atoms with Crippen LogP contribution in [0.3, 0.4) is 0 Å². The highest BCUT2D eigenvalue weighted by molar-refractivity contribution is 6.07. The van der Waals surface area contributed by atoms with E-state index in [4.69, 9.17) is 0 Å². The molecule has 0 spiro atoms. The van der Waals surface area contributed by atoms with Gasteiger partial charge < -0.3 is 4.57 Å². The molecule has 1 aromatic carbocycles. The minimum Gasteiger partial charge on any atom is -0.342 e. The number of aromatic nitrogens is 3. The molecular weight excluding hydrogens is 174 g/mol. The third-order valence-corrected chi connectivity index (χ3v) is 2.63. The van der Waals surface area contributed by atoms with E-state index < -0.39 is 0 Å². The molecule has 0 aliphatic rings. The maximum Gasteiger partial charge on any atom is 0.0739 e. The van der Waals surface area contributed by atoms with Crippen LogP contribution in [-0.4, -0.2) is 14.8 Å². The Kier molecular flexibility index (Phi) is 1.36. The molecule has 68 valence electrons. The van der Waals surface area contributed by atoms with Crippen molar-refractivity contribution in [3.05, 3.63) is 36.7 Å². The molecule has 0 atom stereocenters. The monoisotopic (exact) mass is 183 g/mol. The van der Waals surface area contributed by atoms with Crippen molar-refractivity contribution in [1.29, 1.82) is 0 Å². The van der Waals surface area contributed by atoms with Gasteiger partial charge in [-0.1, -0.05) is 18.2 Å². The quantitative estimate of drug-likeness (QED) is 0.534.